The first-order valence-electron chi connectivity index (χ1n) is 7.16. The van der Waals surface area contributed by atoms with Gasteiger partial charge in [-0.3, -0.25) is 9.89 Å². The average Bonchev–Trinajstić information content (AvgIpc) is 2.99. The molecule has 0 aliphatic carbocycles. The minimum atomic E-state index is -0.294. The lowest BCUT2D eigenvalue weighted by molar-refractivity contribution is 0.0692. The van der Waals surface area contributed by atoms with Crippen molar-refractivity contribution in [2.75, 3.05) is 6.61 Å². The summed E-state index contributed by atoms with van der Waals surface area (Å²) in [5.74, 6) is 1.35. The highest BCUT2D eigenvalue weighted by Crippen LogP contribution is 2.32. The first-order valence-corrected chi connectivity index (χ1v) is 7.16. The van der Waals surface area contributed by atoms with E-state index in [2.05, 4.69) is 10.2 Å². The molecule has 1 aromatic heterocycles. The molecule has 0 radical (unpaired) electrons. The van der Waals surface area contributed by atoms with Crippen molar-refractivity contribution in [3.63, 3.8) is 0 Å². The van der Waals surface area contributed by atoms with E-state index in [9.17, 15) is 4.79 Å². The van der Waals surface area contributed by atoms with Crippen LogP contribution in [0.4, 0.5) is 0 Å². The molecule has 4 rings (SSSR count). The van der Waals surface area contributed by atoms with E-state index in [0.717, 1.165) is 16.7 Å². The Kier molecular flexibility index (Phi) is 3.04. The van der Waals surface area contributed by atoms with Crippen molar-refractivity contribution in [3.05, 3.63) is 54.2 Å². The predicted octanol–water partition coefficient (Wildman–Crippen LogP) is 2.98. The Morgan fingerprint density at radius 1 is 1.14 bits per heavy atom. The zero-order valence-electron chi connectivity index (χ0n) is 11.8. The van der Waals surface area contributed by atoms with Crippen molar-refractivity contribution in [2.45, 2.75) is 12.5 Å². The zero-order chi connectivity index (χ0) is 14.9. The van der Waals surface area contributed by atoms with Crippen LogP contribution in [0.2, 0.25) is 0 Å². The molecule has 5 heteroatoms. The number of ketones is 1. The average molecular weight is 294 g/mol. The number of rotatable bonds is 3. The zero-order valence-corrected chi connectivity index (χ0v) is 11.8. The minimum absolute atomic E-state index is 0.0505. The number of aromatic amines is 1. The molecule has 0 saturated heterocycles. The quantitative estimate of drug-likeness (QED) is 0.754. The molecule has 1 atom stereocenters. The molecule has 1 unspecified atom stereocenters. The van der Waals surface area contributed by atoms with Crippen LogP contribution in [0.1, 0.15) is 16.9 Å². The van der Waals surface area contributed by atoms with Crippen LogP contribution >= 0.6 is 0 Å². The molecule has 1 aliphatic heterocycles. The van der Waals surface area contributed by atoms with Crippen LogP contribution in [-0.2, 0) is 0 Å². The van der Waals surface area contributed by atoms with E-state index >= 15 is 0 Å². The molecule has 22 heavy (non-hydrogen) atoms. The standard InChI is InChI=1S/C17H14N2O3/c20-14(17-12-5-1-2-6-13(12)18-19-17)9-11-10-21-15-7-3-4-8-16(15)22-11/h1-8,11H,9-10H2,(H,18,19). The normalized spacial score (nSPS) is 16.6. The van der Waals surface area contributed by atoms with E-state index in [1.165, 1.54) is 0 Å². The molecule has 1 aliphatic rings. The highest BCUT2D eigenvalue weighted by Gasteiger charge is 2.25. The summed E-state index contributed by atoms with van der Waals surface area (Å²) in [6.07, 6.45) is -0.0544. The SMILES string of the molecule is O=C(CC1COc2ccccc2O1)c1n[nH]c2ccccc12. The highest BCUT2D eigenvalue weighted by atomic mass is 16.6. The Morgan fingerprint density at radius 2 is 1.91 bits per heavy atom. The van der Waals surface area contributed by atoms with Gasteiger partial charge in [0.1, 0.15) is 18.4 Å². The fourth-order valence-corrected chi connectivity index (χ4v) is 2.64. The number of hydrogen-bond acceptors (Lipinski definition) is 4. The van der Waals surface area contributed by atoms with Crippen LogP contribution < -0.4 is 9.47 Å². The van der Waals surface area contributed by atoms with Crippen molar-refractivity contribution < 1.29 is 14.3 Å². The molecule has 0 saturated carbocycles. The van der Waals surface area contributed by atoms with Gasteiger partial charge in [0.15, 0.2) is 17.3 Å². The van der Waals surface area contributed by atoms with Crippen molar-refractivity contribution in [1.82, 2.24) is 10.2 Å². The van der Waals surface area contributed by atoms with Gasteiger partial charge in [-0.1, -0.05) is 30.3 Å². The van der Waals surface area contributed by atoms with E-state index in [1.54, 1.807) is 0 Å². The first kappa shape index (κ1) is 12.9. The Hall–Kier alpha value is -2.82. The number of carbonyl (C=O) groups is 1. The number of hydrogen-bond donors (Lipinski definition) is 1. The van der Waals surface area contributed by atoms with Gasteiger partial charge in [0, 0.05) is 5.39 Å². The number of nitrogens with one attached hydrogen (secondary N) is 1. The predicted molar refractivity (Wildman–Crippen MR) is 81.4 cm³/mol. The number of Topliss-reactive ketones (excluding diaryl/α,β-unsaturated/α-hetero) is 1. The Bertz CT molecular complexity index is 841. The second kappa shape index (κ2) is 5.18. The van der Waals surface area contributed by atoms with Crippen molar-refractivity contribution in [2.24, 2.45) is 0 Å². The highest BCUT2D eigenvalue weighted by molar-refractivity contribution is 6.05. The minimum Gasteiger partial charge on any atom is -0.486 e. The number of carbonyl (C=O) groups excluding carboxylic acids is 1. The van der Waals surface area contributed by atoms with E-state index in [-0.39, 0.29) is 18.3 Å². The van der Waals surface area contributed by atoms with Gasteiger partial charge in [-0.2, -0.15) is 5.10 Å². The lowest BCUT2D eigenvalue weighted by Gasteiger charge is -2.25. The lowest BCUT2D eigenvalue weighted by Crippen LogP contribution is -2.31. The van der Waals surface area contributed by atoms with Gasteiger partial charge in [0.05, 0.1) is 11.9 Å². The molecule has 110 valence electrons. The molecule has 3 aromatic rings. The number of benzene rings is 2. The largest absolute Gasteiger partial charge is 0.486 e. The molecular weight excluding hydrogens is 280 g/mol. The van der Waals surface area contributed by atoms with Gasteiger partial charge >= 0.3 is 0 Å². The van der Waals surface area contributed by atoms with Gasteiger partial charge < -0.3 is 9.47 Å². The number of fused-ring (bicyclic) bond motifs is 2. The monoisotopic (exact) mass is 294 g/mol. The third kappa shape index (κ3) is 2.20. The first-order chi connectivity index (χ1) is 10.8. The summed E-state index contributed by atoms with van der Waals surface area (Å²) < 4.78 is 11.5. The topological polar surface area (TPSA) is 64.2 Å². The van der Waals surface area contributed by atoms with Crippen molar-refractivity contribution in [3.8, 4) is 11.5 Å². The van der Waals surface area contributed by atoms with Crippen LogP contribution in [0.25, 0.3) is 10.9 Å². The second-order valence-corrected chi connectivity index (χ2v) is 5.24. The molecule has 0 amide bonds. The Labute approximate surface area is 126 Å². The Balaban J connectivity index is 1.53. The summed E-state index contributed by atoms with van der Waals surface area (Å²) in [6.45, 7) is 0.366. The fourth-order valence-electron chi connectivity index (χ4n) is 2.64. The third-order valence-electron chi connectivity index (χ3n) is 3.72. The van der Waals surface area contributed by atoms with Gasteiger partial charge in [0.25, 0.3) is 0 Å². The smallest absolute Gasteiger partial charge is 0.187 e. The van der Waals surface area contributed by atoms with E-state index < -0.39 is 0 Å². The van der Waals surface area contributed by atoms with E-state index in [4.69, 9.17) is 9.47 Å². The van der Waals surface area contributed by atoms with E-state index in [0.29, 0.717) is 18.1 Å². The number of aromatic nitrogens is 2. The maximum Gasteiger partial charge on any atom is 0.187 e. The molecule has 5 nitrogen and oxygen atoms in total. The van der Waals surface area contributed by atoms with Gasteiger partial charge in [-0.25, -0.2) is 0 Å². The summed E-state index contributed by atoms with van der Waals surface area (Å²) in [5.41, 5.74) is 1.31. The molecule has 0 spiro atoms. The summed E-state index contributed by atoms with van der Waals surface area (Å²) in [7, 11) is 0. The van der Waals surface area contributed by atoms with Crippen molar-refractivity contribution >= 4 is 16.7 Å². The van der Waals surface area contributed by atoms with Crippen LogP contribution in [0.3, 0.4) is 0 Å². The van der Waals surface area contributed by atoms with Crippen LogP contribution in [-0.4, -0.2) is 28.7 Å². The molecule has 1 N–H and O–H groups in total. The third-order valence-corrected chi connectivity index (χ3v) is 3.72. The fraction of sp³-hybridized carbons (Fsp3) is 0.176. The maximum atomic E-state index is 12.5. The summed E-state index contributed by atoms with van der Waals surface area (Å²) in [6, 6.07) is 15.1. The summed E-state index contributed by atoms with van der Waals surface area (Å²) in [4.78, 5) is 12.5. The number of H-pyrrole nitrogens is 1. The van der Waals surface area contributed by atoms with Crippen LogP contribution in [0.15, 0.2) is 48.5 Å². The summed E-state index contributed by atoms with van der Waals surface area (Å²) >= 11 is 0. The maximum absolute atomic E-state index is 12.5. The van der Waals surface area contributed by atoms with E-state index in [1.807, 2.05) is 48.5 Å². The number of para-hydroxylation sites is 3. The van der Waals surface area contributed by atoms with Crippen LogP contribution in [0, 0.1) is 0 Å². The summed E-state index contributed by atoms with van der Waals surface area (Å²) in [5, 5.41) is 7.85. The lowest BCUT2D eigenvalue weighted by atomic mass is 10.1. The molecule has 2 aromatic carbocycles. The van der Waals surface area contributed by atoms with Gasteiger partial charge in [-0.15, -0.1) is 0 Å². The second-order valence-electron chi connectivity index (χ2n) is 5.24. The van der Waals surface area contributed by atoms with Crippen molar-refractivity contribution in [1.29, 1.82) is 0 Å². The molecule has 0 bridgehead atoms. The van der Waals surface area contributed by atoms with Crippen LogP contribution in [0.5, 0.6) is 11.5 Å². The number of nitrogens with zero attached hydrogens (tertiary/aromatic N) is 1. The van der Waals surface area contributed by atoms with Gasteiger partial charge in [0.2, 0.25) is 0 Å². The van der Waals surface area contributed by atoms with Gasteiger partial charge in [-0.05, 0) is 18.2 Å². The molecule has 2 heterocycles. The Morgan fingerprint density at radius 3 is 2.82 bits per heavy atom. The molecule has 0 fully saturated rings. The molecular formula is C17H14N2O3. The number of ether oxygens (including phenoxy) is 2.